The van der Waals surface area contributed by atoms with Gasteiger partial charge in [0.2, 0.25) is 0 Å². The van der Waals surface area contributed by atoms with E-state index in [1.54, 1.807) is 0 Å². The Kier molecular flexibility index (Phi) is 4.79. The summed E-state index contributed by atoms with van der Waals surface area (Å²) in [5, 5.41) is 9.41. The lowest BCUT2D eigenvalue weighted by molar-refractivity contribution is 0.189. The fraction of sp³-hybridized carbons (Fsp3) is 0.765. The van der Waals surface area contributed by atoms with Gasteiger partial charge in [-0.25, -0.2) is 48.7 Å². The standard InChI is InChI=1S/C17H26N6O4/c24-14-18-19-15(25)22(14)12-5-1-10(2-6-12)9-11-3-7-13(8-4-11)23-16(26)20-21-17(23)27/h10-13H,1-9H2,(H,18,24)(H,19,25)(H,20,26)(H,21,27). The molecule has 0 radical (unpaired) electrons. The Labute approximate surface area is 154 Å². The number of hydrogen-bond acceptors (Lipinski definition) is 4. The van der Waals surface area contributed by atoms with E-state index in [1.165, 1.54) is 9.13 Å². The molecule has 0 unspecified atom stereocenters. The van der Waals surface area contributed by atoms with Gasteiger partial charge in [-0.3, -0.25) is 0 Å². The highest BCUT2D eigenvalue weighted by molar-refractivity contribution is 4.85. The first-order chi connectivity index (χ1) is 13.0. The summed E-state index contributed by atoms with van der Waals surface area (Å²) in [6.07, 6.45) is 8.68. The summed E-state index contributed by atoms with van der Waals surface area (Å²) in [6.45, 7) is 0. The molecule has 2 aromatic rings. The van der Waals surface area contributed by atoms with Crippen molar-refractivity contribution in [1.82, 2.24) is 29.5 Å². The second kappa shape index (κ2) is 7.24. The van der Waals surface area contributed by atoms with Crippen LogP contribution < -0.4 is 22.8 Å². The molecule has 2 heterocycles. The number of rotatable bonds is 4. The van der Waals surface area contributed by atoms with Crippen LogP contribution in [-0.2, 0) is 0 Å². The minimum atomic E-state index is -0.350. The van der Waals surface area contributed by atoms with Gasteiger partial charge in [0.25, 0.3) is 0 Å². The second-order valence-corrected chi connectivity index (χ2v) is 8.05. The van der Waals surface area contributed by atoms with Crippen molar-refractivity contribution in [3.05, 3.63) is 41.9 Å². The van der Waals surface area contributed by atoms with Crippen LogP contribution >= 0.6 is 0 Å². The zero-order valence-corrected chi connectivity index (χ0v) is 15.2. The molecule has 2 fully saturated rings. The molecule has 0 atom stereocenters. The summed E-state index contributed by atoms with van der Waals surface area (Å²) in [5.41, 5.74) is -1.40. The first-order valence-electron chi connectivity index (χ1n) is 9.81. The molecule has 4 N–H and O–H groups in total. The molecule has 0 spiro atoms. The van der Waals surface area contributed by atoms with E-state index < -0.39 is 0 Å². The Bertz CT molecular complexity index is 853. The summed E-state index contributed by atoms with van der Waals surface area (Å²) in [5.74, 6) is 1.24. The van der Waals surface area contributed by atoms with E-state index in [4.69, 9.17) is 0 Å². The van der Waals surface area contributed by atoms with Crippen LogP contribution in [0.4, 0.5) is 0 Å². The van der Waals surface area contributed by atoms with Crippen molar-refractivity contribution >= 4 is 0 Å². The molecule has 148 valence electrons. The number of hydrogen-bond donors (Lipinski definition) is 4. The smallest absolute Gasteiger partial charge is 0.247 e. The molecule has 10 heteroatoms. The molecular weight excluding hydrogens is 352 g/mol. The number of aromatic nitrogens is 6. The first kappa shape index (κ1) is 17.9. The minimum absolute atomic E-state index is 0.00771. The average Bonchev–Trinajstić information content (AvgIpc) is 3.18. The summed E-state index contributed by atoms with van der Waals surface area (Å²) in [7, 11) is 0. The molecule has 2 aromatic heterocycles. The van der Waals surface area contributed by atoms with Crippen molar-refractivity contribution in [1.29, 1.82) is 0 Å². The number of nitrogens with zero attached hydrogens (tertiary/aromatic N) is 2. The maximum atomic E-state index is 11.7. The Morgan fingerprint density at radius 1 is 0.556 bits per heavy atom. The van der Waals surface area contributed by atoms with Crippen LogP contribution in [0.1, 0.15) is 69.9 Å². The third-order valence-corrected chi connectivity index (χ3v) is 6.46. The van der Waals surface area contributed by atoms with Gasteiger partial charge in [0, 0.05) is 12.1 Å². The van der Waals surface area contributed by atoms with Crippen LogP contribution in [0.25, 0.3) is 0 Å². The lowest BCUT2D eigenvalue weighted by Crippen LogP contribution is -2.34. The molecule has 2 aliphatic rings. The molecule has 2 saturated carbocycles. The Morgan fingerprint density at radius 2 is 0.852 bits per heavy atom. The highest BCUT2D eigenvalue weighted by atomic mass is 16.2. The topological polar surface area (TPSA) is 141 Å². The van der Waals surface area contributed by atoms with E-state index in [2.05, 4.69) is 20.4 Å². The Morgan fingerprint density at radius 3 is 1.15 bits per heavy atom. The van der Waals surface area contributed by atoms with Crippen LogP contribution in [0.15, 0.2) is 19.2 Å². The second-order valence-electron chi connectivity index (χ2n) is 8.05. The molecule has 27 heavy (non-hydrogen) atoms. The van der Waals surface area contributed by atoms with Crippen LogP contribution in [0.3, 0.4) is 0 Å². The van der Waals surface area contributed by atoms with E-state index in [0.717, 1.165) is 57.8 Å². The third-order valence-electron chi connectivity index (χ3n) is 6.46. The van der Waals surface area contributed by atoms with Crippen LogP contribution in [0.2, 0.25) is 0 Å². The van der Waals surface area contributed by atoms with E-state index in [-0.39, 0.29) is 34.8 Å². The van der Waals surface area contributed by atoms with Crippen molar-refractivity contribution in [2.75, 3.05) is 0 Å². The summed E-state index contributed by atoms with van der Waals surface area (Å²) in [6, 6.07) is -0.0154. The van der Waals surface area contributed by atoms with Gasteiger partial charge in [-0.05, 0) is 69.6 Å². The van der Waals surface area contributed by atoms with Crippen molar-refractivity contribution in [2.45, 2.75) is 69.9 Å². The zero-order chi connectivity index (χ0) is 19.0. The van der Waals surface area contributed by atoms with Crippen LogP contribution in [-0.4, -0.2) is 29.5 Å². The van der Waals surface area contributed by atoms with E-state index in [0.29, 0.717) is 11.8 Å². The SMILES string of the molecule is O=c1[nH][nH]c(=O)n1C1CCC(CC2CCC(n3c(=O)[nH][nH]c3=O)CC2)CC1. The normalized spacial score (nSPS) is 29.0. The molecular formula is C17H26N6O4. The van der Waals surface area contributed by atoms with Gasteiger partial charge in [-0.2, -0.15) is 0 Å². The number of aromatic amines is 4. The fourth-order valence-electron chi connectivity index (χ4n) is 5.05. The number of nitrogens with one attached hydrogen (secondary N) is 4. The van der Waals surface area contributed by atoms with Gasteiger partial charge in [0.15, 0.2) is 0 Å². The monoisotopic (exact) mass is 378 g/mol. The van der Waals surface area contributed by atoms with Gasteiger partial charge in [-0.1, -0.05) is 0 Å². The van der Waals surface area contributed by atoms with Gasteiger partial charge in [-0.15, -0.1) is 0 Å². The Hall–Kier alpha value is -2.52. The maximum Gasteiger partial charge on any atom is 0.344 e. The highest BCUT2D eigenvalue weighted by Crippen LogP contribution is 2.39. The molecule has 0 aliphatic heterocycles. The zero-order valence-electron chi connectivity index (χ0n) is 15.2. The van der Waals surface area contributed by atoms with Gasteiger partial charge < -0.3 is 0 Å². The van der Waals surface area contributed by atoms with Gasteiger partial charge in [0.1, 0.15) is 0 Å². The molecule has 0 saturated heterocycles. The summed E-state index contributed by atoms with van der Waals surface area (Å²) >= 11 is 0. The third kappa shape index (κ3) is 3.52. The van der Waals surface area contributed by atoms with Crippen LogP contribution in [0, 0.1) is 11.8 Å². The minimum Gasteiger partial charge on any atom is -0.247 e. The first-order valence-corrected chi connectivity index (χ1v) is 9.81. The molecule has 2 aliphatic carbocycles. The van der Waals surface area contributed by atoms with Gasteiger partial charge in [0.05, 0.1) is 0 Å². The average molecular weight is 378 g/mol. The predicted molar refractivity (Wildman–Crippen MR) is 98.0 cm³/mol. The molecule has 0 bridgehead atoms. The highest BCUT2D eigenvalue weighted by Gasteiger charge is 2.30. The quantitative estimate of drug-likeness (QED) is 0.618. The Balaban J connectivity index is 1.28. The van der Waals surface area contributed by atoms with Gasteiger partial charge >= 0.3 is 22.8 Å². The summed E-state index contributed by atoms with van der Waals surface area (Å²) < 4.78 is 2.63. The molecule has 0 amide bonds. The fourth-order valence-corrected chi connectivity index (χ4v) is 5.05. The predicted octanol–water partition coefficient (Wildman–Crippen LogP) is 0.596. The van der Waals surface area contributed by atoms with Crippen molar-refractivity contribution < 1.29 is 0 Å². The van der Waals surface area contributed by atoms with E-state index >= 15 is 0 Å². The van der Waals surface area contributed by atoms with E-state index in [9.17, 15) is 19.2 Å². The van der Waals surface area contributed by atoms with Crippen LogP contribution in [0.5, 0.6) is 0 Å². The maximum absolute atomic E-state index is 11.7. The van der Waals surface area contributed by atoms with Crippen molar-refractivity contribution in [2.24, 2.45) is 11.8 Å². The lowest BCUT2D eigenvalue weighted by Gasteiger charge is -2.34. The summed E-state index contributed by atoms with van der Waals surface area (Å²) in [4.78, 5) is 47.0. The van der Waals surface area contributed by atoms with Crippen molar-refractivity contribution in [3.63, 3.8) is 0 Å². The number of H-pyrrole nitrogens is 4. The van der Waals surface area contributed by atoms with E-state index in [1.807, 2.05) is 0 Å². The van der Waals surface area contributed by atoms with Crippen molar-refractivity contribution in [3.8, 4) is 0 Å². The molecule has 0 aromatic carbocycles. The largest absolute Gasteiger partial charge is 0.344 e. The molecule has 10 nitrogen and oxygen atoms in total. The lowest BCUT2D eigenvalue weighted by atomic mass is 9.75. The molecule has 4 rings (SSSR count).